The number of rotatable bonds is 2. The minimum absolute atomic E-state index is 0.0189. The molecular formula is C23H18F4N2O3. The minimum Gasteiger partial charge on any atom is -0.373 e. The van der Waals surface area contributed by atoms with Gasteiger partial charge in [-0.25, -0.2) is 17.6 Å². The zero-order chi connectivity index (χ0) is 22.7. The summed E-state index contributed by atoms with van der Waals surface area (Å²) in [6, 6.07) is 3.38. The van der Waals surface area contributed by atoms with E-state index in [0.29, 0.717) is 22.4 Å². The summed E-state index contributed by atoms with van der Waals surface area (Å²) in [5.41, 5.74) is 1.48. The number of aromatic amines is 1. The Hall–Kier alpha value is -3.20. The van der Waals surface area contributed by atoms with Gasteiger partial charge in [0, 0.05) is 24.2 Å². The first-order chi connectivity index (χ1) is 15.2. The molecule has 5 nitrogen and oxygen atoms in total. The number of halogens is 4. The molecule has 166 valence electrons. The highest BCUT2D eigenvalue weighted by atomic mass is 19.2. The van der Waals surface area contributed by atoms with Crippen LogP contribution in [0.4, 0.5) is 17.6 Å². The number of hydrogen-bond acceptors (Lipinski definition) is 3. The monoisotopic (exact) mass is 446 g/mol. The summed E-state index contributed by atoms with van der Waals surface area (Å²) in [4.78, 5) is 29.8. The van der Waals surface area contributed by atoms with Crippen LogP contribution >= 0.6 is 0 Å². The van der Waals surface area contributed by atoms with Crippen molar-refractivity contribution in [2.75, 3.05) is 13.7 Å². The lowest BCUT2D eigenvalue weighted by Gasteiger charge is -2.35. The molecule has 0 saturated heterocycles. The van der Waals surface area contributed by atoms with Crippen molar-refractivity contribution in [1.29, 1.82) is 0 Å². The highest BCUT2D eigenvalue weighted by molar-refractivity contribution is 5.87. The quantitative estimate of drug-likeness (QED) is 0.613. The third kappa shape index (κ3) is 3.19. The Kier molecular flexibility index (Phi) is 4.81. The molecule has 1 amide bonds. The predicted molar refractivity (Wildman–Crippen MR) is 107 cm³/mol. The van der Waals surface area contributed by atoms with E-state index >= 15 is 0 Å². The molecule has 2 aromatic carbocycles. The first-order valence-corrected chi connectivity index (χ1v) is 10.1. The molecule has 0 bridgehead atoms. The SMILES string of the molecule is CN(C(=O)C1Cc2cc(F)c(F)cc2C1)[C@H]1COCc2[nH]c(=O)c3cc(F)c(F)cc3c21. The molecule has 1 aliphatic heterocycles. The van der Waals surface area contributed by atoms with Crippen molar-refractivity contribution in [2.24, 2.45) is 5.92 Å². The number of fused-ring (bicyclic) bond motifs is 4. The molecule has 1 aromatic heterocycles. The van der Waals surface area contributed by atoms with Gasteiger partial charge in [-0.05, 0) is 53.6 Å². The molecule has 0 spiro atoms. The van der Waals surface area contributed by atoms with Crippen molar-refractivity contribution in [3.05, 3.63) is 80.3 Å². The second-order valence-electron chi connectivity index (χ2n) is 8.28. The molecule has 0 saturated carbocycles. The summed E-state index contributed by atoms with van der Waals surface area (Å²) in [6.45, 7) is 0.157. The fourth-order valence-corrected chi connectivity index (χ4v) is 4.78. The first kappa shape index (κ1) is 20.7. The Morgan fingerprint density at radius 3 is 2.16 bits per heavy atom. The van der Waals surface area contributed by atoms with Gasteiger partial charge >= 0.3 is 0 Å². The number of H-pyrrole nitrogens is 1. The summed E-state index contributed by atoms with van der Waals surface area (Å²) in [5.74, 6) is -4.94. The van der Waals surface area contributed by atoms with Crippen molar-refractivity contribution in [2.45, 2.75) is 25.5 Å². The second kappa shape index (κ2) is 7.44. The van der Waals surface area contributed by atoms with Gasteiger partial charge in [-0.3, -0.25) is 9.59 Å². The standard InChI is InChI=1S/C23H18F4N2O3/c1-29(23(31)12-2-10-4-15(24)16(25)5-11(10)3-12)20-9-32-8-19-21(20)13-6-17(26)18(27)7-14(13)22(30)28-19/h4-7,12,20H,2-3,8-9H2,1H3,(H,28,30)/t20-/m0/s1. The van der Waals surface area contributed by atoms with E-state index in [1.54, 1.807) is 7.05 Å². The molecule has 32 heavy (non-hydrogen) atoms. The highest BCUT2D eigenvalue weighted by Crippen LogP contribution is 2.36. The summed E-state index contributed by atoms with van der Waals surface area (Å²) in [7, 11) is 1.56. The Balaban J connectivity index is 1.52. The molecule has 2 aliphatic rings. The lowest BCUT2D eigenvalue weighted by Crippen LogP contribution is -2.40. The van der Waals surface area contributed by atoms with Crippen LogP contribution in [-0.4, -0.2) is 29.4 Å². The van der Waals surface area contributed by atoms with Crippen molar-refractivity contribution in [3.63, 3.8) is 0 Å². The number of pyridine rings is 1. The lowest BCUT2D eigenvalue weighted by molar-refractivity contribution is -0.138. The number of carbonyl (C=O) groups excluding carboxylic acids is 1. The molecule has 0 unspecified atom stereocenters. The smallest absolute Gasteiger partial charge is 0.256 e. The molecule has 0 fully saturated rings. The van der Waals surface area contributed by atoms with E-state index in [1.165, 1.54) is 4.90 Å². The van der Waals surface area contributed by atoms with Crippen LogP contribution in [0.3, 0.4) is 0 Å². The summed E-state index contributed by atoms with van der Waals surface area (Å²) in [5, 5.41) is 0.198. The number of carbonyl (C=O) groups is 1. The average Bonchev–Trinajstić information content (AvgIpc) is 3.16. The summed E-state index contributed by atoms with van der Waals surface area (Å²) in [6.07, 6.45) is 0.532. The summed E-state index contributed by atoms with van der Waals surface area (Å²) < 4.78 is 60.5. The summed E-state index contributed by atoms with van der Waals surface area (Å²) >= 11 is 0. The van der Waals surface area contributed by atoms with Crippen LogP contribution in [0.1, 0.15) is 28.4 Å². The Labute approximate surface area is 179 Å². The van der Waals surface area contributed by atoms with Crippen LogP contribution in [0.15, 0.2) is 29.1 Å². The van der Waals surface area contributed by atoms with Gasteiger partial charge < -0.3 is 14.6 Å². The van der Waals surface area contributed by atoms with Gasteiger partial charge in [-0.1, -0.05) is 0 Å². The Morgan fingerprint density at radius 2 is 1.53 bits per heavy atom. The molecule has 5 rings (SSSR count). The van der Waals surface area contributed by atoms with Crippen LogP contribution in [0.2, 0.25) is 0 Å². The predicted octanol–water partition coefficient (Wildman–Crippen LogP) is 3.53. The van der Waals surface area contributed by atoms with Crippen LogP contribution in [-0.2, 0) is 29.0 Å². The van der Waals surface area contributed by atoms with Crippen molar-refractivity contribution in [1.82, 2.24) is 9.88 Å². The average molecular weight is 446 g/mol. The van der Waals surface area contributed by atoms with Crippen LogP contribution in [0, 0.1) is 29.2 Å². The number of hydrogen-bond donors (Lipinski definition) is 1. The van der Waals surface area contributed by atoms with Crippen LogP contribution in [0.25, 0.3) is 10.8 Å². The zero-order valence-electron chi connectivity index (χ0n) is 17.0. The zero-order valence-corrected chi connectivity index (χ0v) is 17.0. The molecule has 9 heteroatoms. The number of likely N-dealkylation sites (N-methyl/N-ethyl adjacent to an activating group) is 1. The Morgan fingerprint density at radius 1 is 0.969 bits per heavy atom. The van der Waals surface area contributed by atoms with Gasteiger partial charge in [0.25, 0.3) is 5.56 Å². The van der Waals surface area contributed by atoms with E-state index in [2.05, 4.69) is 4.98 Å². The number of benzene rings is 2. The van der Waals surface area contributed by atoms with Crippen LogP contribution < -0.4 is 5.56 Å². The van der Waals surface area contributed by atoms with Gasteiger partial charge in [0.05, 0.1) is 24.6 Å². The third-order valence-electron chi connectivity index (χ3n) is 6.38. The van der Waals surface area contributed by atoms with Gasteiger partial charge in [0.1, 0.15) is 0 Å². The molecule has 2 heterocycles. The highest BCUT2D eigenvalue weighted by Gasteiger charge is 2.36. The molecule has 1 atom stereocenters. The largest absolute Gasteiger partial charge is 0.373 e. The fraction of sp³-hybridized carbons (Fsp3) is 0.304. The van der Waals surface area contributed by atoms with E-state index < -0.39 is 40.8 Å². The van der Waals surface area contributed by atoms with E-state index in [4.69, 9.17) is 4.74 Å². The Bertz CT molecular complexity index is 1310. The van der Waals surface area contributed by atoms with E-state index in [-0.39, 0.29) is 42.7 Å². The number of nitrogens with zero attached hydrogens (tertiary/aromatic N) is 1. The number of amides is 1. The van der Waals surface area contributed by atoms with Crippen molar-refractivity contribution < 1.29 is 27.1 Å². The van der Waals surface area contributed by atoms with Crippen molar-refractivity contribution >= 4 is 16.7 Å². The molecular weight excluding hydrogens is 428 g/mol. The van der Waals surface area contributed by atoms with Gasteiger partial charge in [-0.15, -0.1) is 0 Å². The third-order valence-corrected chi connectivity index (χ3v) is 6.38. The number of ether oxygens (including phenoxy) is 1. The van der Waals surface area contributed by atoms with Crippen LogP contribution in [0.5, 0.6) is 0 Å². The lowest BCUT2D eigenvalue weighted by atomic mass is 9.94. The number of nitrogens with one attached hydrogen (secondary N) is 1. The first-order valence-electron chi connectivity index (χ1n) is 10.1. The van der Waals surface area contributed by atoms with Gasteiger partial charge in [0.15, 0.2) is 23.3 Å². The molecule has 3 aromatic rings. The van der Waals surface area contributed by atoms with E-state index in [0.717, 1.165) is 24.3 Å². The maximum Gasteiger partial charge on any atom is 0.256 e. The fourth-order valence-electron chi connectivity index (χ4n) is 4.78. The maximum absolute atomic E-state index is 14.0. The van der Waals surface area contributed by atoms with E-state index in [9.17, 15) is 27.2 Å². The van der Waals surface area contributed by atoms with Gasteiger partial charge in [-0.2, -0.15) is 0 Å². The normalized spacial score (nSPS) is 18.0. The maximum atomic E-state index is 14.0. The van der Waals surface area contributed by atoms with Crippen molar-refractivity contribution in [3.8, 4) is 0 Å². The minimum atomic E-state index is -1.14. The molecule has 1 aliphatic carbocycles. The topological polar surface area (TPSA) is 62.4 Å². The molecule has 0 radical (unpaired) electrons. The number of aromatic nitrogens is 1. The van der Waals surface area contributed by atoms with E-state index in [1.807, 2.05) is 0 Å². The second-order valence-corrected chi connectivity index (χ2v) is 8.28. The van der Waals surface area contributed by atoms with Gasteiger partial charge in [0.2, 0.25) is 5.91 Å². The molecule has 1 N–H and O–H groups in total.